The zero-order valence-corrected chi connectivity index (χ0v) is 12.5. The maximum absolute atomic E-state index is 4.74. The van der Waals surface area contributed by atoms with Crippen LogP contribution in [0.2, 0.25) is 0 Å². The first-order valence-corrected chi connectivity index (χ1v) is 7.45. The summed E-state index contributed by atoms with van der Waals surface area (Å²) in [6, 6.07) is 10.4. The quantitative estimate of drug-likeness (QED) is 0.781. The van der Waals surface area contributed by atoms with Crippen LogP contribution in [0.3, 0.4) is 0 Å². The Bertz CT molecular complexity index is 745. The second kappa shape index (κ2) is 6.06. The normalized spacial score (nSPS) is 11.1. The van der Waals surface area contributed by atoms with Gasteiger partial charge in [0.15, 0.2) is 0 Å². The van der Waals surface area contributed by atoms with E-state index in [1.54, 1.807) is 0 Å². The summed E-state index contributed by atoms with van der Waals surface area (Å²) in [7, 11) is 0. The molecular weight excluding hydrogens is 260 g/mol. The zero-order valence-electron chi connectivity index (χ0n) is 12.5. The van der Waals surface area contributed by atoms with Crippen molar-refractivity contribution in [3.63, 3.8) is 0 Å². The molecule has 0 radical (unpaired) electrons. The lowest BCUT2D eigenvalue weighted by Crippen LogP contribution is -2.13. The van der Waals surface area contributed by atoms with E-state index in [1.807, 2.05) is 18.5 Å². The minimum absolute atomic E-state index is 0.782. The number of nitrogens with zero attached hydrogens (tertiary/aromatic N) is 3. The van der Waals surface area contributed by atoms with E-state index >= 15 is 0 Å². The van der Waals surface area contributed by atoms with E-state index in [0.29, 0.717) is 0 Å². The van der Waals surface area contributed by atoms with Gasteiger partial charge >= 0.3 is 0 Å². The van der Waals surface area contributed by atoms with Crippen LogP contribution in [0.25, 0.3) is 16.6 Å². The second-order valence-electron chi connectivity index (χ2n) is 5.00. The molecule has 0 aliphatic rings. The predicted octanol–water partition coefficient (Wildman–Crippen LogP) is 3.09. The van der Waals surface area contributed by atoms with E-state index < -0.39 is 0 Å². The molecule has 0 atom stereocenters. The summed E-state index contributed by atoms with van der Waals surface area (Å²) in [6.45, 7) is 5.95. The molecule has 0 amide bonds. The van der Waals surface area contributed by atoms with Crippen LogP contribution in [0.1, 0.15) is 25.4 Å². The third-order valence-electron chi connectivity index (χ3n) is 3.60. The van der Waals surface area contributed by atoms with Crippen LogP contribution in [-0.4, -0.2) is 21.1 Å². The van der Waals surface area contributed by atoms with Crippen molar-refractivity contribution in [2.24, 2.45) is 0 Å². The van der Waals surface area contributed by atoms with Gasteiger partial charge in [0.2, 0.25) is 0 Å². The molecule has 1 N–H and O–H groups in total. The van der Waals surface area contributed by atoms with E-state index in [2.05, 4.69) is 53.0 Å². The fourth-order valence-electron chi connectivity index (χ4n) is 2.57. The average molecular weight is 280 g/mol. The third kappa shape index (κ3) is 2.67. The first-order valence-electron chi connectivity index (χ1n) is 7.45. The molecule has 108 valence electrons. The smallest absolute Gasteiger partial charge is 0.112 e. The van der Waals surface area contributed by atoms with Crippen LogP contribution in [0.15, 0.2) is 42.7 Å². The molecule has 0 saturated heterocycles. The molecule has 0 spiro atoms. The fourth-order valence-corrected chi connectivity index (χ4v) is 2.57. The molecular formula is C17H20N4. The second-order valence-corrected chi connectivity index (χ2v) is 5.00. The summed E-state index contributed by atoms with van der Waals surface area (Å²) >= 11 is 0. The minimum atomic E-state index is 0.782. The molecule has 0 bridgehead atoms. The number of para-hydroxylation sites is 1. The highest BCUT2D eigenvalue weighted by molar-refractivity contribution is 5.87. The third-order valence-corrected chi connectivity index (χ3v) is 3.60. The Labute approximate surface area is 124 Å². The SMILES string of the molecule is CCNCc1cc(-n2ccnc2CC)c2ccccc2n1. The van der Waals surface area contributed by atoms with E-state index in [0.717, 1.165) is 47.6 Å². The van der Waals surface area contributed by atoms with Crippen molar-refractivity contribution in [3.8, 4) is 5.69 Å². The van der Waals surface area contributed by atoms with Crippen molar-refractivity contribution < 1.29 is 0 Å². The predicted molar refractivity (Wildman–Crippen MR) is 85.6 cm³/mol. The molecule has 2 heterocycles. The number of nitrogens with one attached hydrogen (secondary N) is 1. The van der Waals surface area contributed by atoms with Gasteiger partial charge in [-0.05, 0) is 18.7 Å². The maximum atomic E-state index is 4.74. The standard InChI is InChI=1S/C17H20N4/c1-3-17-19-9-10-21(17)16-11-13(12-18-4-2)20-15-8-6-5-7-14(15)16/h5-11,18H,3-4,12H2,1-2H3. The number of fused-ring (bicyclic) bond motifs is 1. The Morgan fingerprint density at radius 3 is 2.86 bits per heavy atom. The number of imidazole rings is 1. The Kier molecular flexibility index (Phi) is 3.97. The van der Waals surface area contributed by atoms with Gasteiger partial charge in [-0.1, -0.05) is 32.0 Å². The van der Waals surface area contributed by atoms with Gasteiger partial charge < -0.3 is 9.88 Å². The minimum Gasteiger partial charge on any atom is -0.311 e. The Balaban J connectivity index is 2.19. The highest BCUT2D eigenvalue weighted by Crippen LogP contribution is 2.23. The van der Waals surface area contributed by atoms with Crippen molar-refractivity contribution in [2.45, 2.75) is 26.8 Å². The summed E-state index contributed by atoms with van der Waals surface area (Å²) in [5.74, 6) is 1.07. The van der Waals surface area contributed by atoms with Crippen molar-refractivity contribution in [1.29, 1.82) is 0 Å². The highest BCUT2D eigenvalue weighted by atomic mass is 15.1. The van der Waals surface area contributed by atoms with Gasteiger partial charge in [-0.3, -0.25) is 4.98 Å². The van der Waals surface area contributed by atoms with E-state index in [1.165, 1.54) is 0 Å². The number of aryl methyl sites for hydroxylation is 1. The molecule has 0 aliphatic heterocycles. The molecule has 1 aromatic carbocycles. The largest absolute Gasteiger partial charge is 0.311 e. The fraction of sp³-hybridized carbons (Fsp3) is 0.294. The first kappa shape index (κ1) is 13.8. The zero-order chi connectivity index (χ0) is 14.7. The number of aromatic nitrogens is 3. The molecule has 0 fully saturated rings. The van der Waals surface area contributed by atoms with Gasteiger partial charge in [0.25, 0.3) is 0 Å². The van der Waals surface area contributed by atoms with Gasteiger partial charge in [-0.15, -0.1) is 0 Å². The summed E-state index contributed by atoms with van der Waals surface area (Å²) in [4.78, 5) is 9.18. The highest BCUT2D eigenvalue weighted by Gasteiger charge is 2.10. The van der Waals surface area contributed by atoms with Crippen LogP contribution in [0, 0.1) is 0 Å². The molecule has 4 nitrogen and oxygen atoms in total. The van der Waals surface area contributed by atoms with E-state index in [-0.39, 0.29) is 0 Å². The molecule has 0 unspecified atom stereocenters. The maximum Gasteiger partial charge on any atom is 0.112 e. The Morgan fingerprint density at radius 2 is 2.05 bits per heavy atom. The van der Waals surface area contributed by atoms with Gasteiger partial charge in [-0.25, -0.2) is 4.98 Å². The van der Waals surface area contributed by atoms with Gasteiger partial charge in [0.05, 0.1) is 16.9 Å². The summed E-state index contributed by atoms with van der Waals surface area (Å²) < 4.78 is 2.17. The molecule has 21 heavy (non-hydrogen) atoms. The Morgan fingerprint density at radius 1 is 1.19 bits per heavy atom. The lowest BCUT2D eigenvalue weighted by Gasteiger charge is -2.12. The van der Waals surface area contributed by atoms with Crippen molar-refractivity contribution >= 4 is 10.9 Å². The molecule has 0 aliphatic carbocycles. The number of pyridine rings is 1. The number of rotatable bonds is 5. The average Bonchev–Trinajstić information content (AvgIpc) is 3.00. The van der Waals surface area contributed by atoms with Crippen LogP contribution < -0.4 is 5.32 Å². The molecule has 0 saturated carbocycles. The molecule has 2 aromatic heterocycles. The summed E-state index contributed by atoms with van der Waals surface area (Å²) in [5.41, 5.74) is 3.24. The lowest BCUT2D eigenvalue weighted by molar-refractivity contribution is 0.712. The van der Waals surface area contributed by atoms with Crippen LogP contribution in [0.5, 0.6) is 0 Å². The molecule has 3 rings (SSSR count). The van der Waals surface area contributed by atoms with Crippen LogP contribution in [-0.2, 0) is 13.0 Å². The summed E-state index contributed by atoms with van der Waals surface area (Å²) in [5, 5.41) is 4.50. The van der Waals surface area contributed by atoms with Gasteiger partial charge in [-0.2, -0.15) is 0 Å². The summed E-state index contributed by atoms with van der Waals surface area (Å²) in [6.07, 6.45) is 4.79. The number of benzene rings is 1. The van der Waals surface area contributed by atoms with Crippen molar-refractivity contribution in [1.82, 2.24) is 19.9 Å². The number of hydrogen-bond donors (Lipinski definition) is 1. The van der Waals surface area contributed by atoms with Gasteiger partial charge in [0, 0.05) is 30.7 Å². The van der Waals surface area contributed by atoms with Crippen LogP contribution >= 0.6 is 0 Å². The monoisotopic (exact) mass is 280 g/mol. The topological polar surface area (TPSA) is 42.7 Å². The van der Waals surface area contributed by atoms with E-state index in [4.69, 9.17) is 4.98 Å². The van der Waals surface area contributed by atoms with Crippen molar-refractivity contribution in [2.75, 3.05) is 6.54 Å². The first-order chi connectivity index (χ1) is 10.3. The number of hydrogen-bond acceptors (Lipinski definition) is 3. The van der Waals surface area contributed by atoms with E-state index in [9.17, 15) is 0 Å². The molecule has 4 heteroatoms. The Hall–Kier alpha value is -2.20. The van der Waals surface area contributed by atoms with Crippen molar-refractivity contribution in [3.05, 3.63) is 54.2 Å². The lowest BCUT2D eigenvalue weighted by atomic mass is 10.1. The van der Waals surface area contributed by atoms with Crippen LogP contribution in [0.4, 0.5) is 0 Å². The molecule has 3 aromatic rings. The van der Waals surface area contributed by atoms with Gasteiger partial charge in [0.1, 0.15) is 5.82 Å².